The van der Waals surface area contributed by atoms with Gasteiger partial charge in [-0.15, -0.1) is 0 Å². The first-order valence-electron chi connectivity index (χ1n) is 7.03. The van der Waals surface area contributed by atoms with Gasteiger partial charge in [0.2, 0.25) is 5.91 Å². The van der Waals surface area contributed by atoms with E-state index in [-0.39, 0.29) is 18.1 Å². The summed E-state index contributed by atoms with van der Waals surface area (Å²) in [5.41, 5.74) is 2.65. The first kappa shape index (κ1) is 14.6. The Labute approximate surface area is 133 Å². The van der Waals surface area contributed by atoms with Gasteiger partial charge in [-0.05, 0) is 35.4 Å². The first-order valence-corrected chi connectivity index (χ1v) is 7.41. The standard InChI is InChI=1S/C17H15ClN2O2/c18-14-6-4-13(5-7-14)16-8-9-20(19-16)17(22)11-12-2-1-3-15(21)10-12/h1-7,10,21H,8-9,11H2. The number of amides is 1. The highest BCUT2D eigenvalue weighted by Crippen LogP contribution is 2.18. The molecule has 5 heteroatoms. The lowest BCUT2D eigenvalue weighted by Gasteiger charge is -2.11. The van der Waals surface area contributed by atoms with Gasteiger partial charge in [0, 0.05) is 11.4 Å². The van der Waals surface area contributed by atoms with Gasteiger partial charge >= 0.3 is 0 Å². The molecule has 3 rings (SSSR count). The monoisotopic (exact) mass is 314 g/mol. The zero-order valence-corrected chi connectivity index (χ0v) is 12.6. The fourth-order valence-electron chi connectivity index (χ4n) is 2.41. The van der Waals surface area contributed by atoms with E-state index < -0.39 is 0 Å². The molecule has 0 radical (unpaired) electrons. The van der Waals surface area contributed by atoms with E-state index in [1.807, 2.05) is 30.3 Å². The summed E-state index contributed by atoms with van der Waals surface area (Å²) < 4.78 is 0. The number of phenols is 1. The van der Waals surface area contributed by atoms with Crippen molar-refractivity contribution in [3.05, 3.63) is 64.7 Å². The van der Waals surface area contributed by atoms with Crippen molar-refractivity contribution in [3.63, 3.8) is 0 Å². The third-order valence-electron chi connectivity index (χ3n) is 3.53. The second kappa shape index (κ2) is 6.20. The van der Waals surface area contributed by atoms with E-state index in [2.05, 4.69) is 5.10 Å². The number of hydrazone groups is 1. The molecule has 0 bridgehead atoms. The number of benzene rings is 2. The Morgan fingerprint density at radius 1 is 1.23 bits per heavy atom. The number of aromatic hydroxyl groups is 1. The Morgan fingerprint density at radius 3 is 2.73 bits per heavy atom. The van der Waals surface area contributed by atoms with Crippen LogP contribution in [-0.2, 0) is 11.2 Å². The summed E-state index contributed by atoms with van der Waals surface area (Å²) in [7, 11) is 0. The number of hydrogen-bond donors (Lipinski definition) is 1. The number of phenolic OH excluding ortho intramolecular Hbond substituents is 1. The van der Waals surface area contributed by atoms with Gasteiger partial charge in [-0.2, -0.15) is 5.10 Å². The van der Waals surface area contributed by atoms with Crippen LogP contribution in [0.25, 0.3) is 0 Å². The van der Waals surface area contributed by atoms with E-state index >= 15 is 0 Å². The van der Waals surface area contributed by atoms with E-state index in [4.69, 9.17) is 11.6 Å². The zero-order valence-electron chi connectivity index (χ0n) is 11.9. The number of nitrogens with zero attached hydrogens (tertiary/aromatic N) is 2. The van der Waals surface area contributed by atoms with Crippen molar-refractivity contribution in [1.29, 1.82) is 0 Å². The molecule has 1 N–H and O–H groups in total. The highest BCUT2D eigenvalue weighted by atomic mass is 35.5. The molecule has 22 heavy (non-hydrogen) atoms. The van der Waals surface area contributed by atoms with Crippen LogP contribution in [0.3, 0.4) is 0 Å². The van der Waals surface area contributed by atoms with Gasteiger partial charge in [-0.1, -0.05) is 35.9 Å². The van der Waals surface area contributed by atoms with Crippen LogP contribution < -0.4 is 0 Å². The van der Waals surface area contributed by atoms with Gasteiger partial charge in [0.05, 0.1) is 18.7 Å². The lowest BCUT2D eigenvalue weighted by atomic mass is 10.1. The summed E-state index contributed by atoms with van der Waals surface area (Å²) in [5, 5.41) is 16.0. The van der Waals surface area contributed by atoms with E-state index in [0.29, 0.717) is 11.6 Å². The molecule has 2 aromatic carbocycles. The maximum atomic E-state index is 12.3. The van der Waals surface area contributed by atoms with E-state index in [9.17, 15) is 9.90 Å². The zero-order chi connectivity index (χ0) is 15.5. The van der Waals surface area contributed by atoms with Crippen LogP contribution in [0.5, 0.6) is 5.75 Å². The molecule has 112 valence electrons. The Balaban J connectivity index is 1.71. The molecule has 0 fully saturated rings. The summed E-state index contributed by atoms with van der Waals surface area (Å²) in [4.78, 5) is 12.3. The molecule has 0 atom stereocenters. The molecule has 4 nitrogen and oxygen atoms in total. The highest BCUT2D eigenvalue weighted by molar-refractivity contribution is 6.30. The SMILES string of the molecule is O=C(Cc1cccc(O)c1)N1CCC(c2ccc(Cl)cc2)=N1. The van der Waals surface area contributed by atoms with E-state index in [0.717, 1.165) is 23.3 Å². The maximum absolute atomic E-state index is 12.3. The van der Waals surface area contributed by atoms with Crippen molar-refractivity contribution in [1.82, 2.24) is 5.01 Å². The molecule has 1 aliphatic heterocycles. The van der Waals surface area contributed by atoms with Crippen molar-refractivity contribution >= 4 is 23.2 Å². The van der Waals surface area contributed by atoms with Crippen LogP contribution in [-0.4, -0.2) is 28.3 Å². The average molecular weight is 315 g/mol. The molecule has 0 aliphatic carbocycles. The Morgan fingerprint density at radius 2 is 2.00 bits per heavy atom. The molecule has 0 aromatic heterocycles. The van der Waals surface area contributed by atoms with Crippen LogP contribution in [0.15, 0.2) is 53.6 Å². The lowest BCUT2D eigenvalue weighted by molar-refractivity contribution is -0.130. The number of rotatable bonds is 3. The van der Waals surface area contributed by atoms with Crippen LogP contribution in [0.2, 0.25) is 5.02 Å². The predicted octanol–water partition coefficient (Wildman–Crippen LogP) is 3.22. The number of carbonyl (C=O) groups is 1. The number of carbonyl (C=O) groups excluding carboxylic acids is 1. The second-order valence-corrected chi connectivity index (χ2v) is 5.60. The van der Waals surface area contributed by atoms with Crippen LogP contribution in [0.1, 0.15) is 17.5 Å². The molecule has 2 aromatic rings. The largest absolute Gasteiger partial charge is 0.508 e. The minimum atomic E-state index is -0.0745. The van der Waals surface area contributed by atoms with Crippen molar-refractivity contribution in [2.75, 3.05) is 6.54 Å². The van der Waals surface area contributed by atoms with Gasteiger partial charge in [0.1, 0.15) is 5.75 Å². The molecule has 0 saturated carbocycles. The lowest BCUT2D eigenvalue weighted by Crippen LogP contribution is -2.25. The van der Waals surface area contributed by atoms with Gasteiger partial charge in [-0.25, -0.2) is 5.01 Å². The molecule has 0 unspecified atom stereocenters. The summed E-state index contributed by atoms with van der Waals surface area (Å²) in [6, 6.07) is 14.2. The summed E-state index contributed by atoms with van der Waals surface area (Å²) in [5.74, 6) is 0.0895. The molecule has 1 heterocycles. The average Bonchev–Trinajstić information content (AvgIpc) is 2.98. The fourth-order valence-corrected chi connectivity index (χ4v) is 2.54. The first-order chi connectivity index (χ1) is 10.6. The van der Waals surface area contributed by atoms with Crippen LogP contribution in [0.4, 0.5) is 0 Å². The van der Waals surface area contributed by atoms with Crippen molar-refractivity contribution in [2.24, 2.45) is 5.10 Å². The number of halogens is 1. The molecule has 0 spiro atoms. The minimum Gasteiger partial charge on any atom is -0.508 e. The highest BCUT2D eigenvalue weighted by Gasteiger charge is 2.21. The van der Waals surface area contributed by atoms with Gasteiger partial charge < -0.3 is 5.11 Å². The molecular weight excluding hydrogens is 300 g/mol. The minimum absolute atomic E-state index is 0.0745. The molecule has 0 saturated heterocycles. The summed E-state index contributed by atoms with van der Waals surface area (Å²) in [6.45, 7) is 0.579. The smallest absolute Gasteiger partial charge is 0.247 e. The third-order valence-corrected chi connectivity index (χ3v) is 3.79. The quantitative estimate of drug-likeness (QED) is 0.945. The Kier molecular flexibility index (Phi) is 4.11. The Hall–Kier alpha value is -2.33. The Bertz CT molecular complexity index is 726. The van der Waals surface area contributed by atoms with E-state index in [1.54, 1.807) is 18.2 Å². The molecule has 1 amide bonds. The fraction of sp³-hybridized carbons (Fsp3) is 0.176. The maximum Gasteiger partial charge on any atom is 0.247 e. The van der Waals surface area contributed by atoms with E-state index in [1.165, 1.54) is 5.01 Å². The predicted molar refractivity (Wildman–Crippen MR) is 86.1 cm³/mol. The summed E-state index contributed by atoms with van der Waals surface area (Å²) in [6.07, 6.45) is 0.958. The normalized spacial score (nSPS) is 14.0. The second-order valence-electron chi connectivity index (χ2n) is 5.17. The molecule has 1 aliphatic rings. The van der Waals surface area contributed by atoms with Crippen LogP contribution in [0, 0.1) is 0 Å². The van der Waals surface area contributed by atoms with Crippen molar-refractivity contribution < 1.29 is 9.90 Å². The van der Waals surface area contributed by atoms with Crippen LogP contribution >= 0.6 is 11.6 Å². The van der Waals surface area contributed by atoms with Crippen molar-refractivity contribution in [3.8, 4) is 5.75 Å². The summed E-state index contributed by atoms with van der Waals surface area (Å²) >= 11 is 5.88. The van der Waals surface area contributed by atoms with Crippen molar-refractivity contribution in [2.45, 2.75) is 12.8 Å². The van der Waals surface area contributed by atoms with Gasteiger partial charge in [0.25, 0.3) is 0 Å². The topological polar surface area (TPSA) is 52.9 Å². The third kappa shape index (κ3) is 3.28. The van der Waals surface area contributed by atoms with Gasteiger partial charge in [0.15, 0.2) is 0 Å². The van der Waals surface area contributed by atoms with Gasteiger partial charge in [-0.3, -0.25) is 4.79 Å². The number of hydrogen-bond acceptors (Lipinski definition) is 3. The molecular formula is C17H15ClN2O2.